The van der Waals surface area contributed by atoms with Crippen molar-refractivity contribution >= 4 is 15.9 Å². The molecule has 0 aliphatic carbocycles. The van der Waals surface area contributed by atoms with Crippen LogP contribution in [0.1, 0.15) is 24.5 Å². The molecule has 1 unspecified atom stereocenters. The summed E-state index contributed by atoms with van der Waals surface area (Å²) in [6.45, 7) is 2.83. The van der Waals surface area contributed by atoms with Gasteiger partial charge in [0.25, 0.3) is 0 Å². The molecule has 2 aromatic rings. The second kappa shape index (κ2) is 6.35. The fraction of sp³-hybridized carbons (Fsp3) is 0.333. The number of hydrogen-bond acceptors (Lipinski definition) is 1. The van der Waals surface area contributed by atoms with Crippen molar-refractivity contribution in [1.82, 2.24) is 4.57 Å². The summed E-state index contributed by atoms with van der Waals surface area (Å²) in [5, 5.41) is 0. The van der Waals surface area contributed by atoms with Gasteiger partial charge in [-0.3, -0.25) is 0 Å². The van der Waals surface area contributed by atoms with Crippen molar-refractivity contribution in [2.45, 2.75) is 32.4 Å². The molecule has 0 radical (unpaired) electrons. The van der Waals surface area contributed by atoms with Gasteiger partial charge in [0.2, 0.25) is 0 Å². The summed E-state index contributed by atoms with van der Waals surface area (Å²) in [5.41, 5.74) is 8.26. The molecule has 0 amide bonds. The quantitative estimate of drug-likeness (QED) is 0.892. The zero-order valence-electron chi connectivity index (χ0n) is 10.9. The molecule has 0 saturated carbocycles. The van der Waals surface area contributed by atoms with Gasteiger partial charge in [-0.2, -0.15) is 0 Å². The summed E-state index contributed by atoms with van der Waals surface area (Å²) in [5.74, 6) is -0.231. The van der Waals surface area contributed by atoms with E-state index >= 15 is 0 Å². The van der Waals surface area contributed by atoms with E-state index in [2.05, 4.69) is 39.7 Å². The molecule has 1 heterocycles. The Morgan fingerprint density at radius 3 is 2.79 bits per heavy atom. The van der Waals surface area contributed by atoms with E-state index in [4.69, 9.17) is 5.73 Å². The summed E-state index contributed by atoms with van der Waals surface area (Å²) in [7, 11) is 0. The van der Waals surface area contributed by atoms with Crippen molar-refractivity contribution in [3.05, 3.63) is 58.1 Å². The third-order valence-electron chi connectivity index (χ3n) is 3.18. The molecule has 2 rings (SSSR count). The van der Waals surface area contributed by atoms with Gasteiger partial charge in [0, 0.05) is 25.0 Å². The van der Waals surface area contributed by atoms with Crippen LogP contribution >= 0.6 is 15.9 Å². The average molecular weight is 325 g/mol. The maximum atomic E-state index is 13.2. The Kier molecular flexibility index (Phi) is 4.77. The first-order valence-corrected chi connectivity index (χ1v) is 7.22. The molecule has 0 bridgehead atoms. The van der Waals surface area contributed by atoms with Crippen molar-refractivity contribution in [2.24, 2.45) is 5.73 Å². The SMILES string of the molecule is CCC(N)Cc1ccn(Cc2ccc(F)c(Br)c2)c1. The molecule has 19 heavy (non-hydrogen) atoms. The number of benzene rings is 1. The minimum atomic E-state index is -0.231. The van der Waals surface area contributed by atoms with E-state index in [9.17, 15) is 4.39 Å². The van der Waals surface area contributed by atoms with Crippen LogP contribution in [0, 0.1) is 5.82 Å². The Balaban J connectivity index is 2.05. The van der Waals surface area contributed by atoms with Crippen molar-refractivity contribution in [3.63, 3.8) is 0 Å². The highest BCUT2D eigenvalue weighted by Gasteiger charge is 2.05. The highest BCUT2D eigenvalue weighted by atomic mass is 79.9. The van der Waals surface area contributed by atoms with Gasteiger partial charge in [-0.15, -0.1) is 0 Å². The minimum Gasteiger partial charge on any atom is -0.350 e. The maximum absolute atomic E-state index is 13.2. The fourth-order valence-corrected chi connectivity index (χ4v) is 2.43. The number of nitrogens with zero attached hydrogens (tertiary/aromatic N) is 1. The van der Waals surface area contributed by atoms with E-state index in [-0.39, 0.29) is 11.9 Å². The van der Waals surface area contributed by atoms with E-state index in [1.54, 1.807) is 6.07 Å². The fourth-order valence-electron chi connectivity index (χ4n) is 2.01. The molecule has 1 atom stereocenters. The molecule has 1 aromatic carbocycles. The van der Waals surface area contributed by atoms with E-state index in [1.807, 2.05) is 12.3 Å². The molecule has 1 aromatic heterocycles. The van der Waals surface area contributed by atoms with E-state index in [0.717, 1.165) is 24.9 Å². The predicted molar refractivity (Wildman–Crippen MR) is 79.6 cm³/mol. The zero-order valence-corrected chi connectivity index (χ0v) is 12.5. The Bertz CT molecular complexity index is 551. The van der Waals surface area contributed by atoms with Crippen LogP contribution in [0.15, 0.2) is 41.1 Å². The van der Waals surface area contributed by atoms with Gasteiger partial charge in [0.05, 0.1) is 4.47 Å². The molecule has 2 N–H and O–H groups in total. The Hall–Kier alpha value is -1.13. The number of hydrogen-bond donors (Lipinski definition) is 1. The van der Waals surface area contributed by atoms with E-state index in [0.29, 0.717) is 4.47 Å². The summed E-state index contributed by atoms with van der Waals surface area (Å²) < 4.78 is 15.8. The molecule has 0 fully saturated rings. The molecule has 0 aliphatic rings. The van der Waals surface area contributed by atoms with Crippen LogP contribution in [0.5, 0.6) is 0 Å². The Morgan fingerprint density at radius 2 is 2.11 bits per heavy atom. The third kappa shape index (κ3) is 3.91. The standard InChI is InChI=1S/C15H18BrFN2/c1-2-13(18)7-12-5-6-19(10-12)9-11-3-4-15(17)14(16)8-11/h3-6,8,10,13H,2,7,9,18H2,1H3. The van der Waals surface area contributed by atoms with Crippen LogP contribution in [0.2, 0.25) is 0 Å². The monoisotopic (exact) mass is 324 g/mol. The molecule has 2 nitrogen and oxygen atoms in total. The Labute approximate surface area is 121 Å². The number of rotatable bonds is 5. The molecule has 0 saturated heterocycles. The van der Waals surface area contributed by atoms with Crippen LogP contribution < -0.4 is 5.73 Å². The lowest BCUT2D eigenvalue weighted by Crippen LogP contribution is -2.21. The third-order valence-corrected chi connectivity index (χ3v) is 3.79. The first-order chi connectivity index (χ1) is 9.08. The highest BCUT2D eigenvalue weighted by molar-refractivity contribution is 9.10. The second-order valence-electron chi connectivity index (χ2n) is 4.81. The van der Waals surface area contributed by atoms with Gasteiger partial charge in [-0.1, -0.05) is 13.0 Å². The number of halogens is 2. The second-order valence-corrected chi connectivity index (χ2v) is 5.67. The summed E-state index contributed by atoms with van der Waals surface area (Å²) >= 11 is 3.21. The minimum absolute atomic E-state index is 0.218. The topological polar surface area (TPSA) is 30.9 Å². The van der Waals surface area contributed by atoms with Crippen LogP contribution in [0.25, 0.3) is 0 Å². The molecule has 0 aliphatic heterocycles. The van der Waals surface area contributed by atoms with Gasteiger partial charge in [-0.25, -0.2) is 4.39 Å². The first-order valence-electron chi connectivity index (χ1n) is 6.42. The van der Waals surface area contributed by atoms with Crippen LogP contribution in [-0.2, 0) is 13.0 Å². The summed E-state index contributed by atoms with van der Waals surface area (Å²) in [6, 6.07) is 7.41. The van der Waals surface area contributed by atoms with Crippen LogP contribution in [0.4, 0.5) is 4.39 Å². The lowest BCUT2D eigenvalue weighted by Gasteiger charge is -2.07. The number of aromatic nitrogens is 1. The van der Waals surface area contributed by atoms with E-state index in [1.165, 1.54) is 11.6 Å². The molecule has 0 spiro atoms. The maximum Gasteiger partial charge on any atom is 0.137 e. The van der Waals surface area contributed by atoms with Gasteiger partial charge < -0.3 is 10.3 Å². The lowest BCUT2D eigenvalue weighted by molar-refractivity contribution is 0.619. The Morgan fingerprint density at radius 1 is 1.32 bits per heavy atom. The van der Waals surface area contributed by atoms with Crippen molar-refractivity contribution in [2.75, 3.05) is 0 Å². The summed E-state index contributed by atoms with van der Waals surface area (Å²) in [6.07, 6.45) is 6.02. The lowest BCUT2D eigenvalue weighted by atomic mass is 10.1. The van der Waals surface area contributed by atoms with Crippen molar-refractivity contribution in [1.29, 1.82) is 0 Å². The van der Waals surface area contributed by atoms with Gasteiger partial charge in [0.15, 0.2) is 0 Å². The highest BCUT2D eigenvalue weighted by Crippen LogP contribution is 2.18. The van der Waals surface area contributed by atoms with Gasteiger partial charge >= 0.3 is 0 Å². The number of nitrogens with two attached hydrogens (primary N) is 1. The van der Waals surface area contributed by atoms with E-state index < -0.39 is 0 Å². The van der Waals surface area contributed by atoms with Crippen LogP contribution in [-0.4, -0.2) is 10.6 Å². The van der Waals surface area contributed by atoms with Crippen molar-refractivity contribution < 1.29 is 4.39 Å². The normalized spacial score (nSPS) is 12.6. The zero-order chi connectivity index (χ0) is 13.8. The molecule has 102 valence electrons. The smallest absolute Gasteiger partial charge is 0.137 e. The molecule has 4 heteroatoms. The first kappa shape index (κ1) is 14.3. The predicted octanol–water partition coefficient (Wildman–Crippen LogP) is 3.72. The molecular formula is C15H18BrFN2. The summed E-state index contributed by atoms with van der Waals surface area (Å²) in [4.78, 5) is 0. The van der Waals surface area contributed by atoms with Gasteiger partial charge in [0.1, 0.15) is 5.82 Å². The largest absolute Gasteiger partial charge is 0.350 e. The van der Waals surface area contributed by atoms with Crippen molar-refractivity contribution in [3.8, 4) is 0 Å². The molecular weight excluding hydrogens is 307 g/mol. The van der Waals surface area contributed by atoms with Gasteiger partial charge in [-0.05, 0) is 58.1 Å². The average Bonchev–Trinajstić information content (AvgIpc) is 2.81. The van der Waals surface area contributed by atoms with Crippen LogP contribution in [0.3, 0.4) is 0 Å².